The quantitative estimate of drug-likeness (QED) is 0.769. The first kappa shape index (κ1) is 9.06. The van der Waals surface area contributed by atoms with Crippen LogP contribution in [0.3, 0.4) is 0 Å². The molecule has 0 bridgehead atoms. The molecule has 1 heterocycles. The number of carboxylic acid groups (broad SMARTS) is 1. The van der Waals surface area contributed by atoms with Crippen LogP contribution in [0.4, 0.5) is 0 Å². The van der Waals surface area contributed by atoms with Crippen molar-refractivity contribution in [3.8, 4) is 0 Å². The van der Waals surface area contributed by atoms with Crippen LogP contribution >= 0.6 is 11.6 Å². The Morgan fingerprint density at radius 1 is 1.75 bits per heavy atom. The van der Waals surface area contributed by atoms with Gasteiger partial charge >= 0.3 is 5.97 Å². The van der Waals surface area contributed by atoms with Crippen molar-refractivity contribution in [3.05, 3.63) is 17.0 Å². The summed E-state index contributed by atoms with van der Waals surface area (Å²) in [6.07, 6.45) is 0. The summed E-state index contributed by atoms with van der Waals surface area (Å²) in [4.78, 5) is 10.7. The molecule has 0 atom stereocenters. The number of nitrogens with zero attached hydrogens (tertiary/aromatic N) is 1. The first-order chi connectivity index (χ1) is 5.44. The summed E-state index contributed by atoms with van der Waals surface area (Å²) in [6, 6.07) is 1.40. The Kier molecular flexibility index (Phi) is 2.10. The van der Waals surface area contributed by atoms with Crippen LogP contribution in [0.5, 0.6) is 0 Å². The summed E-state index contributed by atoms with van der Waals surface area (Å²) in [5.74, 6) is -0.965. The normalized spacial score (nSPS) is 11.6. The summed E-state index contributed by atoms with van der Waals surface area (Å²) < 4.78 is 4.55. The SMILES string of the molecule is CC(C)(C(=O)O)c1cc(Cl)on1. The number of hydrogen-bond donors (Lipinski definition) is 1. The highest BCUT2D eigenvalue weighted by Gasteiger charge is 2.32. The van der Waals surface area contributed by atoms with E-state index in [0.717, 1.165) is 0 Å². The number of aromatic nitrogens is 1. The van der Waals surface area contributed by atoms with Gasteiger partial charge < -0.3 is 9.63 Å². The zero-order valence-electron chi connectivity index (χ0n) is 6.67. The van der Waals surface area contributed by atoms with Crippen molar-refractivity contribution in [1.29, 1.82) is 0 Å². The van der Waals surface area contributed by atoms with Gasteiger partial charge in [0, 0.05) is 6.07 Å². The minimum Gasteiger partial charge on any atom is -0.481 e. The van der Waals surface area contributed by atoms with E-state index in [-0.39, 0.29) is 5.22 Å². The monoisotopic (exact) mass is 189 g/mol. The Hall–Kier alpha value is -1.03. The molecule has 0 saturated heterocycles. The van der Waals surface area contributed by atoms with Gasteiger partial charge in [-0.1, -0.05) is 5.16 Å². The molecule has 0 aliphatic heterocycles. The van der Waals surface area contributed by atoms with Crippen LogP contribution in [0, 0.1) is 0 Å². The molecule has 0 amide bonds. The van der Waals surface area contributed by atoms with E-state index in [1.807, 2.05) is 0 Å². The van der Waals surface area contributed by atoms with Gasteiger partial charge in [0.25, 0.3) is 0 Å². The number of hydrogen-bond acceptors (Lipinski definition) is 3. The number of aliphatic carboxylic acids is 1. The summed E-state index contributed by atoms with van der Waals surface area (Å²) in [6.45, 7) is 3.06. The van der Waals surface area contributed by atoms with Crippen molar-refractivity contribution in [2.75, 3.05) is 0 Å². The predicted molar refractivity (Wildman–Crippen MR) is 42.2 cm³/mol. The molecule has 1 rings (SSSR count). The van der Waals surface area contributed by atoms with Gasteiger partial charge in [-0.15, -0.1) is 0 Å². The van der Waals surface area contributed by atoms with Crippen LogP contribution in [0.2, 0.25) is 5.22 Å². The second-order valence-corrected chi connectivity index (χ2v) is 3.32. The van der Waals surface area contributed by atoms with E-state index in [2.05, 4.69) is 9.68 Å². The van der Waals surface area contributed by atoms with Gasteiger partial charge in [0.15, 0.2) is 0 Å². The third-order valence-electron chi connectivity index (χ3n) is 1.66. The van der Waals surface area contributed by atoms with Crippen molar-refractivity contribution in [3.63, 3.8) is 0 Å². The standard InChI is InChI=1S/C7H8ClNO3/c1-7(2,6(10)11)4-3-5(8)12-9-4/h3H,1-2H3,(H,10,11). The molecule has 0 aromatic carbocycles. The van der Waals surface area contributed by atoms with Crippen LogP contribution in [0.1, 0.15) is 19.5 Å². The van der Waals surface area contributed by atoms with Crippen LogP contribution in [-0.2, 0) is 10.2 Å². The molecule has 12 heavy (non-hydrogen) atoms. The maximum absolute atomic E-state index is 10.7. The lowest BCUT2D eigenvalue weighted by atomic mass is 9.90. The fourth-order valence-corrected chi connectivity index (χ4v) is 0.795. The molecule has 1 aromatic heterocycles. The van der Waals surface area contributed by atoms with Gasteiger partial charge in [-0.2, -0.15) is 0 Å². The highest BCUT2D eigenvalue weighted by atomic mass is 35.5. The van der Waals surface area contributed by atoms with Gasteiger partial charge in [0.1, 0.15) is 11.1 Å². The number of carbonyl (C=O) groups is 1. The molecular weight excluding hydrogens is 182 g/mol. The number of carboxylic acids is 1. The zero-order valence-corrected chi connectivity index (χ0v) is 7.42. The van der Waals surface area contributed by atoms with Crippen LogP contribution in [-0.4, -0.2) is 16.2 Å². The molecule has 0 fully saturated rings. The molecular formula is C7H8ClNO3. The minimum absolute atomic E-state index is 0.0966. The highest BCUT2D eigenvalue weighted by Crippen LogP contribution is 2.24. The second-order valence-electron chi connectivity index (χ2n) is 2.95. The van der Waals surface area contributed by atoms with E-state index in [1.54, 1.807) is 0 Å². The lowest BCUT2D eigenvalue weighted by molar-refractivity contribution is -0.142. The van der Waals surface area contributed by atoms with Crippen LogP contribution < -0.4 is 0 Å². The molecule has 1 N–H and O–H groups in total. The van der Waals surface area contributed by atoms with Crippen molar-refractivity contribution in [1.82, 2.24) is 5.16 Å². The van der Waals surface area contributed by atoms with Crippen LogP contribution in [0.15, 0.2) is 10.6 Å². The summed E-state index contributed by atoms with van der Waals surface area (Å²) in [5, 5.41) is 12.4. The maximum atomic E-state index is 10.7. The average molecular weight is 190 g/mol. The highest BCUT2D eigenvalue weighted by molar-refractivity contribution is 6.28. The molecule has 0 saturated carbocycles. The van der Waals surface area contributed by atoms with E-state index in [9.17, 15) is 4.79 Å². The molecule has 0 spiro atoms. The predicted octanol–water partition coefficient (Wildman–Crippen LogP) is 1.69. The van der Waals surface area contributed by atoms with Crippen molar-refractivity contribution >= 4 is 17.6 Å². The molecule has 5 heteroatoms. The lowest BCUT2D eigenvalue weighted by Crippen LogP contribution is -2.28. The molecule has 1 aromatic rings. The molecule has 0 aliphatic rings. The Morgan fingerprint density at radius 2 is 2.33 bits per heavy atom. The summed E-state index contributed by atoms with van der Waals surface area (Å²) in [7, 11) is 0. The molecule has 0 radical (unpaired) electrons. The van der Waals surface area contributed by atoms with Gasteiger partial charge in [0.05, 0.1) is 0 Å². The largest absolute Gasteiger partial charge is 0.481 e. The van der Waals surface area contributed by atoms with Crippen molar-refractivity contribution in [2.24, 2.45) is 0 Å². The fraction of sp³-hybridized carbons (Fsp3) is 0.429. The zero-order chi connectivity index (χ0) is 9.35. The Labute approximate surface area is 74.1 Å². The lowest BCUT2D eigenvalue weighted by Gasteiger charge is -2.14. The second kappa shape index (κ2) is 2.79. The average Bonchev–Trinajstić information content (AvgIpc) is 2.35. The topological polar surface area (TPSA) is 63.3 Å². The summed E-state index contributed by atoms with van der Waals surface area (Å²) in [5.41, 5.74) is -0.739. The van der Waals surface area contributed by atoms with E-state index in [1.165, 1.54) is 19.9 Å². The minimum atomic E-state index is -1.06. The Bertz CT molecular complexity index is 305. The van der Waals surface area contributed by atoms with Gasteiger partial charge in [0.2, 0.25) is 5.22 Å². The van der Waals surface area contributed by atoms with E-state index in [4.69, 9.17) is 16.7 Å². The first-order valence-corrected chi connectivity index (χ1v) is 3.68. The smallest absolute Gasteiger partial charge is 0.315 e. The first-order valence-electron chi connectivity index (χ1n) is 3.30. The third kappa shape index (κ3) is 1.43. The summed E-state index contributed by atoms with van der Waals surface area (Å²) >= 11 is 5.45. The molecule has 0 aliphatic carbocycles. The third-order valence-corrected chi connectivity index (χ3v) is 1.83. The Morgan fingerprint density at radius 3 is 2.67 bits per heavy atom. The maximum Gasteiger partial charge on any atom is 0.315 e. The van der Waals surface area contributed by atoms with Gasteiger partial charge in [-0.3, -0.25) is 4.79 Å². The molecule has 0 unspecified atom stereocenters. The van der Waals surface area contributed by atoms with E-state index < -0.39 is 11.4 Å². The molecule has 66 valence electrons. The van der Waals surface area contributed by atoms with E-state index >= 15 is 0 Å². The number of halogens is 1. The fourth-order valence-electron chi connectivity index (χ4n) is 0.657. The van der Waals surface area contributed by atoms with Gasteiger partial charge in [-0.25, -0.2) is 0 Å². The van der Waals surface area contributed by atoms with Crippen molar-refractivity contribution < 1.29 is 14.4 Å². The molecule has 4 nitrogen and oxygen atoms in total. The Balaban J connectivity index is 3.05. The van der Waals surface area contributed by atoms with Crippen molar-refractivity contribution in [2.45, 2.75) is 19.3 Å². The van der Waals surface area contributed by atoms with E-state index in [0.29, 0.717) is 5.69 Å². The van der Waals surface area contributed by atoms with Gasteiger partial charge in [-0.05, 0) is 25.4 Å². The number of rotatable bonds is 2. The van der Waals surface area contributed by atoms with Crippen LogP contribution in [0.25, 0.3) is 0 Å².